The van der Waals surface area contributed by atoms with Crippen molar-refractivity contribution in [3.05, 3.63) is 18.3 Å². The summed E-state index contributed by atoms with van der Waals surface area (Å²) in [7, 11) is 3.28. The molecule has 1 aromatic heterocycles. The number of rotatable bonds is 3. The highest BCUT2D eigenvalue weighted by atomic mass is 16.5. The maximum atomic E-state index is 11.5. The molecule has 15 heavy (non-hydrogen) atoms. The van der Waals surface area contributed by atoms with E-state index in [1.54, 1.807) is 37.4 Å². The molecule has 5 heteroatoms. The van der Waals surface area contributed by atoms with Gasteiger partial charge in [0, 0.05) is 19.7 Å². The van der Waals surface area contributed by atoms with E-state index in [4.69, 9.17) is 4.74 Å². The van der Waals surface area contributed by atoms with Gasteiger partial charge in [0.2, 0.25) is 5.88 Å². The Morgan fingerprint density at radius 1 is 1.60 bits per heavy atom. The zero-order valence-electron chi connectivity index (χ0n) is 9.15. The van der Waals surface area contributed by atoms with E-state index in [1.165, 1.54) is 0 Å². The Morgan fingerprint density at radius 2 is 2.33 bits per heavy atom. The molecule has 0 saturated heterocycles. The second-order valence-corrected chi connectivity index (χ2v) is 3.03. The molecule has 0 atom stereocenters. The number of ether oxygens (including phenoxy) is 1. The normalized spacial score (nSPS) is 9.53. The molecule has 1 heterocycles. The SMILES string of the molecule is CCN(C)C(=O)Nc1ccc(OC)nc1. The van der Waals surface area contributed by atoms with Crippen LogP contribution in [0.3, 0.4) is 0 Å². The Morgan fingerprint density at radius 3 is 2.80 bits per heavy atom. The van der Waals surface area contributed by atoms with Crippen molar-refractivity contribution in [2.45, 2.75) is 6.92 Å². The molecule has 1 N–H and O–H groups in total. The third-order valence-electron chi connectivity index (χ3n) is 2.02. The zero-order valence-corrected chi connectivity index (χ0v) is 9.15. The Labute approximate surface area is 89.1 Å². The van der Waals surface area contributed by atoms with Gasteiger partial charge in [-0.1, -0.05) is 0 Å². The number of hydrogen-bond acceptors (Lipinski definition) is 3. The van der Waals surface area contributed by atoms with Gasteiger partial charge >= 0.3 is 6.03 Å². The second kappa shape index (κ2) is 5.19. The highest BCUT2D eigenvalue weighted by Gasteiger charge is 2.06. The lowest BCUT2D eigenvalue weighted by Crippen LogP contribution is -2.30. The van der Waals surface area contributed by atoms with Gasteiger partial charge in [-0.2, -0.15) is 0 Å². The van der Waals surface area contributed by atoms with Crippen molar-refractivity contribution >= 4 is 11.7 Å². The van der Waals surface area contributed by atoms with E-state index in [9.17, 15) is 4.79 Å². The van der Waals surface area contributed by atoms with Gasteiger partial charge in [0.15, 0.2) is 0 Å². The first-order valence-electron chi connectivity index (χ1n) is 4.69. The largest absolute Gasteiger partial charge is 0.481 e. The van der Waals surface area contributed by atoms with E-state index in [-0.39, 0.29) is 6.03 Å². The quantitative estimate of drug-likeness (QED) is 0.822. The monoisotopic (exact) mass is 209 g/mol. The Bertz CT molecular complexity index is 324. The molecule has 0 aliphatic carbocycles. The number of amides is 2. The van der Waals surface area contributed by atoms with Gasteiger partial charge in [-0.15, -0.1) is 0 Å². The number of urea groups is 1. The maximum Gasteiger partial charge on any atom is 0.321 e. The van der Waals surface area contributed by atoms with Gasteiger partial charge in [-0.3, -0.25) is 0 Å². The van der Waals surface area contributed by atoms with Crippen molar-refractivity contribution in [3.8, 4) is 5.88 Å². The minimum atomic E-state index is -0.149. The number of nitrogens with one attached hydrogen (secondary N) is 1. The molecule has 2 amide bonds. The Hall–Kier alpha value is -1.78. The second-order valence-electron chi connectivity index (χ2n) is 3.03. The van der Waals surface area contributed by atoms with Crippen molar-refractivity contribution in [2.24, 2.45) is 0 Å². The molecule has 0 aromatic carbocycles. The van der Waals surface area contributed by atoms with Crippen LogP contribution in [0.25, 0.3) is 0 Å². The van der Waals surface area contributed by atoms with Crippen LogP contribution < -0.4 is 10.1 Å². The highest BCUT2D eigenvalue weighted by Crippen LogP contribution is 2.11. The van der Waals surface area contributed by atoms with Gasteiger partial charge < -0.3 is 15.0 Å². The molecule has 0 aliphatic heterocycles. The number of methoxy groups -OCH3 is 1. The van der Waals surface area contributed by atoms with Gasteiger partial charge in [0.05, 0.1) is 19.0 Å². The smallest absolute Gasteiger partial charge is 0.321 e. The standard InChI is InChI=1S/C10H15N3O2/c1-4-13(2)10(14)12-8-5-6-9(15-3)11-7-8/h5-7H,4H2,1-3H3,(H,12,14). The van der Waals surface area contributed by atoms with E-state index >= 15 is 0 Å². The van der Waals surface area contributed by atoms with Crippen LogP contribution in [0.4, 0.5) is 10.5 Å². The summed E-state index contributed by atoms with van der Waals surface area (Å²) in [5.41, 5.74) is 0.654. The molecule has 0 fully saturated rings. The molecule has 0 aliphatic rings. The fraction of sp³-hybridized carbons (Fsp3) is 0.400. The van der Waals surface area contributed by atoms with Crippen molar-refractivity contribution in [3.63, 3.8) is 0 Å². The summed E-state index contributed by atoms with van der Waals surface area (Å²) < 4.78 is 4.91. The van der Waals surface area contributed by atoms with Crippen molar-refractivity contribution < 1.29 is 9.53 Å². The topological polar surface area (TPSA) is 54.5 Å². The van der Waals surface area contributed by atoms with Crippen molar-refractivity contribution in [1.29, 1.82) is 0 Å². The van der Waals surface area contributed by atoms with Crippen LogP contribution >= 0.6 is 0 Å². The minimum absolute atomic E-state index is 0.149. The third-order valence-corrected chi connectivity index (χ3v) is 2.02. The van der Waals surface area contributed by atoms with Crippen molar-refractivity contribution in [2.75, 3.05) is 26.0 Å². The van der Waals surface area contributed by atoms with Crippen LogP contribution in [0.1, 0.15) is 6.92 Å². The van der Waals surface area contributed by atoms with Gasteiger partial charge in [0.1, 0.15) is 0 Å². The lowest BCUT2D eigenvalue weighted by Gasteiger charge is -2.15. The number of carbonyl (C=O) groups excluding carboxylic acids is 1. The summed E-state index contributed by atoms with van der Waals surface area (Å²) in [6, 6.07) is 3.29. The zero-order chi connectivity index (χ0) is 11.3. The van der Waals surface area contributed by atoms with E-state index in [0.29, 0.717) is 18.1 Å². The van der Waals surface area contributed by atoms with Crippen LogP contribution in [0, 0.1) is 0 Å². The average molecular weight is 209 g/mol. The molecule has 5 nitrogen and oxygen atoms in total. The Kier molecular flexibility index (Phi) is 3.91. The maximum absolute atomic E-state index is 11.5. The van der Waals surface area contributed by atoms with Gasteiger partial charge in [-0.05, 0) is 13.0 Å². The fourth-order valence-electron chi connectivity index (χ4n) is 0.937. The molecule has 0 spiro atoms. The van der Waals surface area contributed by atoms with E-state index in [0.717, 1.165) is 0 Å². The first-order chi connectivity index (χ1) is 7.17. The van der Waals surface area contributed by atoms with Crippen LogP contribution in [-0.4, -0.2) is 36.6 Å². The highest BCUT2D eigenvalue weighted by molar-refractivity contribution is 5.88. The number of hydrogen-bond donors (Lipinski definition) is 1. The first kappa shape index (κ1) is 11.3. The summed E-state index contributed by atoms with van der Waals surface area (Å²) in [5, 5.41) is 2.71. The summed E-state index contributed by atoms with van der Waals surface area (Å²) in [6.45, 7) is 2.57. The third kappa shape index (κ3) is 3.12. The van der Waals surface area contributed by atoms with E-state index in [2.05, 4.69) is 10.3 Å². The Balaban J connectivity index is 2.61. The number of pyridine rings is 1. The number of aromatic nitrogens is 1. The molecule has 0 saturated carbocycles. The summed E-state index contributed by atoms with van der Waals surface area (Å²) >= 11 is 0. The number of anilines is 1. The summed E-state index contributed by atoms with van der Waals surface area (Å²) in [5.74, 6) is 0.525. The van der Waals surface area contributed by atoms with Crippen LogP contribution in [0.2, 0.25) is 0 Å². The lowest BCUT2D eigenvalue weighted by atomic mass is 10.4. The van der Waals surface area contributed by atoms with Crippen molar-refractivity contribution in [1.82, 2.24) is 9.88 Å². The summed E-state index contributed by atoms with van der Waals surface area (Å²) in [4.78, 5) is 17.0. The van der Waals surface area contributed by atoms with Gasteiger partial charge in [-0.25, -0.2) is 9.78 Å². The van der Waals surface area contributed by atoms with Gasteiger partial charge in [0.25, 0.3) is 0 Å². The molecule has 82 valence electrons. The van der Waals surface area contributed by atoms with Crippen LogP contribution in [-0.2, 0) is 0 Å². The first-order valence-corrected chi connectivity index (χ1v) is 4.69. The lowest BCUT2D eigenvalue weighted by molar-refractivity contribution is 0.224. The molecule has 0 unspecified atom stereocenters. The molecule has 1 rings (SSSR count). The molecular formula is C10H15N3O2. The predicted octanol–water partition coefficient (Wildman–Crippen LogP) is 1.57. The number of carbonyl (C=O) groups is 1. The molecule has 0 bridgehead atoms. The van der Waals surface area contributed by atoms with E-state index in [1.807, 2.05) is 6.92 Å². The van der Waals surface area contributed by atoms with E-state index < -0.39 is 0 Å². The average Bonchev–Trinajstić information content (AvgIpc) is 2.29. The van der Waals surface area contributed by atoms with Crippen LogP contribution in [0.5, 0.6) is 5.88 Å². The number of nitrogens with zero attached hydrogens (tertiary/aromatic N) is 2. The molecule has 0 radical (unpaired) electrons. The minimum Gasteiger partial charge on any atom is -0.481 e. The molecule has 1 aromatic rings. The summed E-state index contributed by atoms with van der Waals surface area (Å²) in [6.07, 6.45) is 1.56. The fourth-order valence-corrected chi connectivity index (χ4v) is 0.937. The van der Waals surface area contributed by atoms with Crippen LogP contribution in [0.15, 0.2) is 18.3 Å². The molecular weight excluding hydrogens is 194 g/mol. The predicted molar refractivity (Wildman–Crippen MR) is 58.1 cm³/mol.